The van der Waals surface area contributed by atoms with Gasteiger partial charge < -0.3 is 10.2 Å². The standard InChI is InChI=1S/C10H16O3/c1-4-5-8(11)10(2,3)7-6-9(12)13/h8,11H,4-5H2,1-3H3,(H,12,13). The molecule has 0 heterocycles. The van der Waals surface area contributed by atoms with Crippen molar-refractivity contribution in [1.29, 1.82) is 0 Å². The number of hydrogen-bond donors (Lipinski definition) is 2. The first-order valence-electron chi connectivity index (χ1n) is 4.34. The minimum Gasteiger partial charge on any atom is -0.472 e. The number of aliphatic hydroxyl groups is 1. The van der Waals surface area contributed by atoms with E-state index < -0.39 is 17.5 Å². The molecule has 3 heteroatoms. The third-order valence-electron chi connectivity index (χ3n) is 1.89. The number of carbonyl (C=O) groups is 1. The number of aliphatic carboxylic acids is 1. The molecule has 0 spiro atoms. The Bertz CT molecular complexity index is 232. The highest BCUT2D eigenvalue weighted by Gasteiger charge is 2.24. The molecule has 0 bridgehead atoms. The molecule has 0 saturated heterocycles. The van der Waals surface area contributed by atoms with Gasteiger partial charge in [0.25, 0.3) is 0 Å². The van der Waals surface area contributed by atoms with E-state index in [2.05, 4.69) is 5.92 Å². The van der Waals surface area contributed by atoms with E-state index >= 15 is 0 Å². The lowest BCUT2D eigenvalue weighted by molar-refractivity contribution is -0.130. The van der Waals surface area contributed by atoms with Crippen molar-refractivity contribution in [2.75, 3.05) is 0 Å². The van der Waals surface area contributed by atoms with Crippen molar-refractivity contribution in [2.24, 2.45) is 5.41 Å². The number of rotatable bonds is 3. The van der Waals surface area contributed by atoms with E-state index in [9.17, 15) is 9.90 Å². The topological polar surface area (TPSA) is 57.5 Å². The lowest BCUT2D eigenvalue weighted by atomic mass is 9.85. The molecule has 0 aliphatic rings. The molecule has 0 radical (unpaired) electrons. The smallest absolute Gasteiger partial charge is 0.381 e. The van der Waals surface area contributed by atoms with Crippen LogP contribution in [-0.4, -0.2) is 22.3 Å². The first-order chi connectivity index (χ1) is 5.90. The second-order valence-corrected chi connectivity index (χ2v) is 3.58. The molecule has 0 aromatic heterocycles. The fourth-order valence-electron chi connectivity index (χ4n) is 0.932. The molecular formula is C10H16O3. The Morgan fingerprint density at radius 2 is 2.08 bits per heavy atom. The zero-order chi connectivity index (χ0) is 10.5. The summed E-state index contributed by atoms with van der Waals surface area (Å²) in [7, 11) is 0. The minimum absolute atomic E-state index is 0.565. The van der Waals surface area contributed by atoms with Gasteiger partial charge in [0.05, 0.1) is 11.5 Å². The third-order valence-corrected chi connectivity index (χ3v) is 1.89. The van der Waals surface area contributed by atoms with Crippen molar-refractivity contribution in [2.45, 2.75) is 39.7 Å². The van der Waals surface area contributed by atoms with Crippen LogP contribution < -0.4 is 0 Å². The van der Waals surface area contributed by atoms with Gasteiger partial charge in [-0.15, -0.1) is 0 Å². The van der Waals surface area contributed by atoms with Crippen molar-refractivity contribution in [1.82, 2.24) is 0 Å². The molecule has 3 nitrogen and oxygen atoms in total. The van der Waals surface area contributed by atoms with Crippen LogP contribution in [0.3, 0.4) is 0 Å². The molecule has 0 aliphatic heterocycles. The summed E-state index contributed by atoms with van der Waals surface area (Å²) in [6.07, 6.45) is 0.935. The van der Waals surface area contributed by atoms with Gasteiger partial charge in [0.1, 0.15) is 0 Å². The van der Waals surface area contributed by atoms with Crippen molar-refractivity contribution >= 4 is 5.97 Å². The van der Waals surface area contributed by atoms with Crippen molar-refractivity contribution in [3.8, 4) is 11.8 Å². The monoisotopic (exact) mass is 184 g/mol. The second-order valence-electron chi connectivity index (χ2n) is 3.58. The maximum atomic E-state index is 10.2. The number of hydrogen-bond acceptors (Lipinski definition) is 2. The Balaban J connectivity index is 4.40. The lowest BCUT2D eigenvalue weighted by Gasteiger charge is -2.24. The van der Waals surface area contributed by atoms with Gasteiger partial charge >= 0.3 is 5.97 Å². The Hall–Kier alpha value is -1.01. The second kappa shape index (κ2) is 4.88. The minimum atomic E-state index is -1.16. The fourth-order valence-corrected chi connectivity index (χ4v) is 0.932. The van der Waals surface area contributed by atoms with Crippen LogP contribution in [0.25, 0.3) is 0 Å². The summed E-state index contributed by atoms with van der Waals surface area (Å²) in [5, 5.41) is 17.9. The van der Waals surface area contributed by atoms with Crippen molar-refractivity contribution < 1.29 is 15.0 Å². The van der Waals surface area contributed by atoms with E-state index in [-0.39, 0.29) is 0 Å². The van der Waals surface area contributed by atoms with Gasteiger partial charge in [-0.1, -0.05) is 19.3 Å². The predicted molar refractivity (Wildman–Crippen MR) is 50.1 cm³/mol. The van der Waals surface area contributed by atoms with Gasteiger partial charge in [-0.25, -0.2) is 4.79 Å². The first kappa shape index (κ1) is 12.0. The third kappa shape index (κ3) is 4.54. The first-order valence-corrected chi connectivity index (χ1v) is 4.34. The van der Waals surface area contributed by atoms with E-state index in [0.29, 0.717) is 6.42 Å². The van der Waals surface area contributed by atoms with Gasteiger partial charge in [-0.2, -0.15) is 0 Å². The van der Waals surface area contributed by atoms with Crippen LogP contribution in [-0.2, 0) is 4.79 Å². The van der Waals surface area contributed by atoms with Crippen LogP contribution in [0.4, 0.5) is 0 Å². The highest BCUT2D eigenvalue weighted by Crippen LogP contribution is 2.22. The average Bonchev–Trinajstić information content (AvgIpc) is 2.01. The fraction of sp³-hybridized carbons (Fsp3) is 0.700. The van der Waals surface area contributed by atoms with Gasteiger partial charge in [-0.3, -0.25) is 0 Å². The zero-order valence-corrected chi connectivity index (χ0v) is 8.29. The summed E-state index contributed by atoms with van der Waals surface area (Å²) in [4.78, 5) is 10.2. The van der Waals surface area contributed by atoms with Gasteiger partial charge in [-0.05, 0) is 20.3 Å². The van der Waals surface area contributed by atoms with Crippen LogP contribution in [0.15, 0.2) is 0 Å². The molecule has 0 saturated carbocycles. The van der Waals surface area contributed by atoms with Crippen LogP contribution in [0.5, 0.6) is 0 Å². The van der Waals surface area contributed by atoms with E-state index in [1.54, 1.807) is 13.8 Å². The molecule has 0 aromatic rings. The lowest BCUT2D eigenvalue weighted by Crippen LogP contribution is -2.27. The zero-order valence-electron chi connectivity index (χ0n) is 8.29. The summed E-state index contributed by atoms with van der Waals surface area (Å²) in [5.74, 6) is 3.42. The molecule has 74 valence electrons. The van der Waals surface area contributed by atoms with Crippen LogP contribution in [0.1, 0.15) is 33.6 Å². The molecule has 1 atom stereocenters. The number of carboxylic acids is 1. The SMILES string of the molecule is CCCC(O)C(C)(C)C#CC(=O)O. The average molecular weight is 184 g/mol. The quantitative estimate of drug-likeness (QED) is 0.649. The molecular weight excluding hydrogens is 168 g/mol. The van der Waals surface area contributed by atoms with E-state index in [4.69, 9.17) is 5.11 Å². The highest BCUT2D eigenvalue weighted by atomic mass is 16.4. The molecule has 0 amide bonds. The number of carboxylic acid groups (broad SMARTS) is 1. The van der Waals surface area contributed by atoms with E-state index in [1.807, 2.05) is 12.8 Å². The van der Waals surface area contributed by atoms with Gasteiger partial charge in [0.15, 0.2) is 0 Å². The molecule has 13 heavy (non-hydrogen) atoms. The Morgan fingerprint density at radius 1 is 1.54 bits per heavy atom. The molecule has 0 aliphatic carbocycles. The molecule has 0 rings (SSSR count). The van der Waals surface area contributed by atoms with E-state index in [1.165, 1.54) is 0 Å². The van der Waals surface area contributed by atoms with Crippen molar-refractivity contribution in [3.05, 3.63) is 0 Å². The van der Waals surface area contributed by atoms with Crippen LogP contribution >= 0.6 is 0 Å². The summed E-state index contributed by atoms with van der Waals surface area (Å²) in [6, 6.07) is 0. The summed E-state index contributed by atoms with van der Waals surface area (Å²) < 4.78 is 0. The van der Waals surface area contributed by atoms with Crippen LogP contribution in [0, 0.1) is 17.3 Å². The molecule has 2 N–H and O–H groups in total. The van der Waals surface area contributed by atoms with Crippen molar-refractivity contribution in [3.63, 3.8) is 0 Å². The van der Waals surface area contributed by atoms with E-state index in [0.717, 1.165) is 6.42 Å². The maximum absolute atomic E-state index is 10.2. The molecule has 0 fully saturated rings. The number of aliphatic hydroxyl groups excluding tert-OH is 1. The maximum Gasteiger partial charge on any atom is 0.381 e. The summed E-state index contributed by atoms with van der Waals surface area (Å²) >= 11 is 0. The van der Waals surface area contributed by atoms with Crippen LogP contribution in [0.2, 0.25) is 0 Å². The Labute approximate surface area is 78.8 Å². The van der Waals surface area contributed by atoms with Gasteiger partial charge in [0.2, 0.25) is 0 Å². The normalized spacial score (nSPS) is 12.9. The summed E-state index contributed by atoms with van der Waals surface area (Å²) in [6.45, 7) is 5.44. The van der Waals surface area contributed by atoms with Gasteiger partial charge in [0, 0.05) is 5.92 Å². The Kier molecular flexibility index (Phi) is 4.50. The highest BCUT2D eigenvalue weighted by molar-refractivity contribution is 5.86. The molecule has 1 unspecified atom stereocenters. The predicted octanol–water partition coefficient (Wildman–Crippen LogP) is 1.26. The Morgan fingerprint density at radius 3 is 2.46 bits per heavy atom. The summed E-state index contributed by atoms with van der Waals surface area (Å²) in [5.41, 5.74) is -0.644. The molecule has 0 aromatic carbocycles. The largest absolute Gasteiger partial charge is 0.472 e.